The minimum absolute atomic E-state index is 0.189. The molecule has 1 rings (SSSR count). The summed E-state index contributed by atoms with van der Waals surface area (Å²) in [6, 6.07) is 3.49. The molecule has 0 fully saturated rings. The third-order valence-electron chi connectivity index (χ3n) is 3.45. The molecule has 1 amide bonds. The van der Waals surface area contributed by atoms with E-state index in [2.05, 4.69) is 10.3 Å². The summed E-state index contributed by atoms with van der Waals surface area (Å²) in [5.41, 5.74) is 0.490. The maximum atomic E-state index is 12.2. The van der Waals surface area contributed by atoms with Crippen LogP contribution in [0.1, 0.15) is 26.0 Å². The fourth-order valence-corrected chi connectivity index (χ4v) is 1.63. The van der Waals surface area contributed by atoms with E-state index in [1.807, 2.05) is 13.8 Å². The number of rotatable bonds is 8. The lowest BCUT2D eigenvalue weighted by Gasteiger charge is -2.25. The number of nitrogens with zero attached hydrogens (tertiary/aromatic N) is 1. The molecular weight excluding hydrogens is 272 g/mol. The van der Waals surface area contributed by atoms with Crippen molar-refractivity contribution in [3.8, 4) is 5.88 Å². The van der Waals surface area contributed by atoms with Gasteiger partial charge in [0, 0.05) is 20.3 Å². The number of hydrogen-bond acceptors (Lipinski definition) is 5. The van der Waals surface area contributed by atoms with Gasteiger partial charge in [0.1, 0.15) is 12.2 Å². The van der Waals surface area contributed by atoms with E-state index in [4.69, 9.17) is 14.2 Å². The van der Waals surface area contributed by atoms with Crippen molar-refractivity contribution in [1.29, 1.82) is 0 Å². The first-order chi connectivity index (χ1) is 9.96. The van der Waals surface area contributed by atoms with Crippen LogP contribution in [0.2, 0.25) is 0 Å². The monoisotopic (exact) mass is 296 g/mol. The molecule has 1 atom stereocenters. The molecule has 6 heteroatoms. The topological polar surface area (TPSA) is 69.7 Å². The van der Waals surface area contributed by atoms with Crippen LogP contribution in [-0.4, -0.2) is 43.9 Å². The summed E-state index contributed by atoms with van der Waals surface area (Å²) in [5.74, 6) is 0.318. The third-order valence-corrected chi connectivity index (χ3v) is 3.45. The van der Waals surface area contributed by atoms with Crippen LogP contribution in [0.15, 0.2) is 12.1 Å². The molecule has 1 aromatic rings. The van der Waals surface area contributed by atoms with E-state index in [9.17, 15) is 4.79 Å². The quantitative estimate of drug-likeness (QED) is 0.745. The maximum absolute atomic E-state index is 12.2. The first-order valence-corrected chi connectivity index (χ1v) is 6.92. The van der Waals surface area contributed by atoms with Gasteiger partial charge in [-0.15, -0.1) is 0 Å². The number of hydrogen-bond donors (Lipinski definition) is 1. The first kappa shape index (κ1) is 17.4. The van der Waals surface area contributed by atoms with Crippen LogP contribution < -0.4 is 10.1 Å². The summed E-state index contributed by atoms with van der Waals surface area (Å²) in [6.07, 6.45) is 0.583. The van der Waals surface area contributed by atoms with Crippen molar-refractivity contribution in [2.75, 3.05) is 32.8 Å². The van der Waals surface area contributed by atoms with Crippen molar-refractivity contribution in [1.82, 2.24) is 4.98 Å². The molecule has 118 valence electrons. The molecule has 0 bridgehead atoms. The van der Waals surface area contributed by atoms with Gasteiger partial charge in [-0.2, -0.15) is 0 Å². The number of nitrogens with one attached hydrogen (secondary N) is 1. The number of carbonyl (C=O) groups excluding carboxylic acids is 1. The predicted molar refractivity (Wildman–Crippen MR) is 80.7 cm³/mol. The number of ether oxygens (including phenoxy) is 3. The Balaban J connectivity index is 2.74. The molecule has 0 saturated heterocycles. The average Bonchev–Trinajstić information content (AvgIpc) is 2.49. The second kappa shape index (κ2) is 7.95. The summed E-state index contributed by atoms with van der Waals surface area (Å²) in [7, 11) is 3.14. The van der Waals surface area contributed by atoms with E-state index in [1.54, 1.807) is 26.2 Å². The first-order valence-electron chi connectivity index (χ1n) is 6.92. The molecule has 0 aliphatic rings. The Bertz CT molecular complexity index is 473. The zero-order valence-corrected chi connectivity index (χ0v) is 13.4. The Morgan fingerprint density at radius 1 is 1.33 bits per heavy atom. The number of methoxy groups -OCH3 is 2. The fraction of sp³-hybridized carbons (Fsp3) is 0.600. The summed E-state index contributed by atoms with van der Waals surface area (Å²) in [5, 5.41) is 2.84. The largest absolute Gasteiger partial charge is 0.475 e. The highest BCUT2D eigenvalue weighted by Gasteiger charge is 2.31. The van der Waals surface area contributed by atoms with Gasteiger partial charge in [-0.1, -0.05) is 6.92 Å². The van der Waals surface area contributed by atoms with E-state index in [0.29, 0.717) is 36.9 Å². The van der Waals surface area contributed by atoms with E-state index in [-0.39, 0.29) is 5.91 Å². The summed E-state index contributed by atoms with van der Waals surface area (Å²) >= 11 is 0. The average molecular weight is 296 g/mol. The lowest BCUT2D eigenvalue weighted by molar-refractivity contribution is -0.136. The molecule has 1 N–H and O–H groups in total. The zero-order chi connectivity index (χ0) is 15.9. The molecule has 0 aliphatic carbocycles. The van der Waals surface area contributed by atoms with E-state index in [1.165, 1.54) is 7.11 Å². The molecule has 0 spiro atoms. The summed E-state index contributed by atoms with van der Waals surface area (Å²) in [4.78, 5) is 16.5. The number of amides is 1. The highest BCUT2D eigenvalue weighted by Crippen LogP contribution is 2.21. The van der Waals surface area contributed by atoms with E-state index in [0.717, 1.165) is 0 Å². The third kappa shape index (κ3) is 4.68. The SMILES string of the molecule is CC[C@](C)(OC)C(=O)Nc1ccc(OCCOC)nc1C. The highest BCUT2D eigenvalue weighted by atomic mass is 16.5. The van der Waals surface area contributed by atoms with Crippen LogP contribution in [-0.2, 0) is 14.3 Å². The number of carbonyl (C=O) groups is 1. The Kier molecular flexibility index (Phi) is 6.58. The molecular formula is C15H24N2O4. The van der Waals surface area contributed by atoms with Crippen molar-refractivity contribution in [3.63, 3.8) is 0 Å². The van der Waals surface area contributed by atoms with E-state index >= 15 is 0 Å². The van der Waals surface area contributed by atoms with Crippen LogP contribution in [0.3, 0.4) is 0 Å². The van der Waals surface area contributed by atoms with Crippen LogP contribution in [0, 0.1) is 6.92 Å². The van der Waals surface area contributed by atoms with Crippen LogP contribution >= 0.6 is 0 Å². The van der Waals surface area contributed by atoms with Crippen LogP contribution in [0.25, 0.3) is 0 Å². The predicted octanol–water partition coefficient (Wildman–Crippen LogP) is 2.17. The zero-order valence-electron chi connectivity index (χ0n) is 13.4. The molecule has 0 aliphatic heterocycles. The fourth-order valence-electron chi connectivity index (χ4n) is 1.63. The molecule has 6 nitrogen and oxygen atoms in total. The standard InChI is InChI=1S/C15H24N2O4/c1-6-15(3,20-5)14(18)17-12-7-8-13(16-11(12)2)21-10-9-19-4/h7-8H,6,9-10H2,1-5H3,(H,17,18)/t15-/m0/s1. The maximum Gasteiger partial charge on any atom is 0.256 e. The number of aryl methyl sites for hydroxylation is 1. The molecule has 1 aromatic heterocycles. The van der Waals surface area contributed by atoms with E-state index < -0.39 is 5.60 Å². The van der Waals surface area contributed by atoms with Gasteiger partial charge in [-0.05, 0) is 26.3 Å². The van der Waals surface area contributed by atoms with Gasteiger partial charge in [0.05, 0.1) is 18.0 Å². The smallest absolute Gasteiger partial charge is 0.256 e. The Morgan fingerprint density at radius 3 is 2.57 bits per heavy atom. The van der Waals surface area contributed by atoms with Crippen molar-refractivity contribution in [3.05, 3.63) is 17.8 Å². The van der Waals surface area contributed by atoms with Crippen molar-refractivity contribution < 1.29 is 19.0 Å². The minimum atomic E-state index is -0.847. The Hall–Kier alpha value is -1.66. The van der Waals surface area contributed by atoms with Gasteiger partial charge < -0.3 is 19.5 Å². The van der Waals surface area contributed by atoms with Gasteiger partial charge >= 0.3 is 0 Å². The van der Waals surface area contributed by atoms with Gasteiger partial charge in [0.15, 0.2) is 0 Å². The van der Waals surface area contributed by atoms with Gasteiger partial charge in [0.25, 0.3) is 5.91 Å². The van der Waals surface area contributed by atoms with Gasteiger partial charge in [0.2, 0.25) is 5.88 Å². The lowest BCUT2D eigenvalue weighted by Crippen LogP contribution is -2.41. The Morgan fingerprint density at radius 2 is 2.05 bits per heavy atom. The van der Waals surface area contributed by atoms with Gasteiger partial charge in [-0.3, -0.25) is 4.79 Å². The van der Waals surface area contributed by atoms with Crippen LogP contribution in [0.4, 0.5) is 5.69 Å². The van der Waals surface area contributed by atoms with Crippen LogP contribution in [0.5, 0.6) is 5.88 Å². The minimum Gasteiger partial charge on any atom is -0.475 e. The second-order valence-corrected chi connectivity index (χ2v) is 4.87. The Labute approximate surface area is 125 Å². The number of pyridine rings is 1. The molecule has 0 aromatic carbocycles. The number of anilines is 1. The van der Waals surface area contributed by atoms with Gasteiger partial charge in [-0.25, -0.2) is 4.98 Å². The number of aromatic nitrogens is 1. The van der Waals surface area contributed by atoms with Crippen molar-refractivity contribution in [2.24, 2.45) is 0 Å². The van der Waals surface area contributed by atoms with Crippen molar-refractivity contribution >= 4 is 11.6 Å². The summed E-state index contributed by atoms with van der Waals surface area (Å²) < 4.78 is 15.6. The molecule has 0 saturated carbocycles. The molecule has 0 unspecified atom stereocenters. The normalized spacial score (nSPS) is 13.6. The lowest BCUT2D eigenvalue weighted by atomic mass is 10.0. The highest BCUT2D eigenvalue weighted by molar-refractivity contribution is 5.97. The molecule has 21 heavy (non-hydrogen) atoms. The summed E-state index contributed by atoms with van der Waals surface area (Å²) in [6.45, 7) is 6.41. The molecule has 1 heterocycles. The second-order valence-electron chi connectivity index (χ2n) is 4.87. The molecule has 0 radical (unpaired) electrons. The van der Waals surface area contributed by atoms with Crippen molar-refractivity contribution in [2.45, 2.75) is 32.8 Å².